The fraction of sp³-hybridized carbons (Fsp3) is 0.846. The summed E-state index contributed by atoms with van der Waals surface area (Å²) < 4.78 is 0. The zero-order chi connectivity index (χ0) is 13.4. The fourth-order valence-corrected chi connectivity index (χ4v) is 3.39. The van der Waals surface area contributed by atoms with Crippen LogP contribution in [0.25, 0.3) is 0 Å². The minimum absolute atomic E-state index is 0.0254. The van der Waals surface area contributed by atoms with Gasteiger partial charge in [0.05, 0.1) is 0 Å². The third-order valence-electron chi connectivity index (χ3n) is 3.92. The molecule has 1 amide bonds. The van der Waals surface area contributed by atoms with Crippen LogP contribution < -0.4 is 0 Å². The summed E-state index contributed by atoms with van der Waals surface area (Å²) in [4.78, 5) is 24.5. The Morgan fingerprint density at radius 2 is 2.00 bits per heavy atom. The highest BCUT2D eigenvalue weighted by atomic mass is 16.4. The maximum absolute atomic E-state index is 11.7. The Morgan fingerprint density at radius 1 is 1.47 bits per heavy atom. The van der Waals surface area contributed by atoms with E-state index in [2.05, 4.69) is 13.8 Å². The summed E-state index contributed by atoms with van der Waals surface area (Å²) in [5.41, 5.74) is -1.08. The zero-order valence-electron chi connectivity index (χ0n) is 11.4. The third-order valence-corrected chi connectivity index (χ3v) is 3.92. The molecule has 1 saturated carbocycles. The van der Waals surface area contributed by atoms with Crippen LogP contribution in [0, 0.1) is 11.3 Å². The van der Waals surface area contributed by atoms with Crippen molar-refractivity contribution in [1.29, 1.82) is 0 Å². The van der Waals surface area contributed by atoms with Crippen LogP contribution in [0.4, 0.5) is 0 Å². The number of nitrogens with zero attached hydrogens (tertiary/aromatic N) is 1. The number of carboxylic acid groups (broad SMARTS) is 1. The van der Waals surface area contributed by atoms with Gasteiger partial charge < -0.3 is 10.0 Å². The van der Waals surface area contributed by atoms with Crippen LogP contribution in [0.15, 0.2) is 0 Å². The maximum atomic E-state index is 11.7. The quantitative estimate of drug-likeness (QED) is 0.767. The predicted molar refractivity (Wildman–Crippen MR) is 65.6 cm³/mol. The Balaban J connectivity index is 3.24. The van der Waals surface area contributed by atoms with Crippen LogP contribution in [0.2, 0.25) is 0 Å². The highest BCUT2D eigenvalue weighted by molar-refractivity contribution is 5.82. The molecule has 1 aliphatic rings. The summed E-state index contributed by atoms with van der Waals surface area (Å²) in [6.45, 7) is 9.78. The van der Waals surface area contributed by atoms with Crippen LogP contribution in [0.5, 0.6) is 0 Å². The number of hydrogen-bond acceptors (Lipinski definition) is 2. The SMILES string of the molecule is CC(C)N(C=O)C1(C(=O)O)CC(C)(C)CC1C. The van der Waals surface area contributed by atoms with Gasteiger partial charge in [0.1, 0.15) is 5.54 Å². The molecule has 1 N–H and O–H groups in total. The molecule has 2 atom stereocenters. The lowest BCUT2D eigenvalue weighted by Gasteiger charge is -2.41. The van der Waals surface area contributed by atoms with E-state index in [1.165, 1.54) is 4.90 Å². The number of aliphatic carboxylic acids is 1. The second kappa shape index (κ2) is 4.31. The molecule has 0 aromatic heterocycles. The summed E-state index contributed by atoms with van der Waals surface area (Å²) in [5.74, 6) is -0.904. The molecule has 4 heteroatoms. The minimum Gasteiger partial charge on any atom is -0.479 e. The lowest BCUT2D eigenvalue weighted by Crippen LogP contribution is -2.58. The van der Waals surface area contributed by atoms with Crippen LogP contribution in [0.1, 0.15) is 47.5 Å². The molecule has 4 nitrogen and oxygen atoms in total. The summed E-state index contributed by atoms with van der Waals surface area (Å²) in [7, 11) is 0. The Bertz CT molecular complexity index is 325. The molecule has 1 fully saturated rings. The number of carbonyl (C=O) groups excluding carboxylic acids is 1. The van der Waals surface area contributed by atoms with Gasteiger partial charge >= 0.3 is 5.97 Å². The topological polar surface area (TPSA) is 57.6 Å². The van der Waals surface area contributed by atoms with Gasteiger partial charge in [0.2, 0.25) is 6.41 Å². The molecule has 0 aromatic carbocycles. The average Bonchev–Trinajstić information content (AvgIpc) is 2.37. The molecule has 17 heavy (non-hydrogen) atoms. The smallest absolute Gasteiger partial charge is 0.329 e. The van der Waals surface area contributed by atoms with Crippen molar-refractivity contribution in [1.82, 2.24) is 4.90 Å². The summed E-state index contributed by atoms with van der Waals surface area (Å²) in [6, 6.07) is -0.0973. The van der Waals surface area contributed by atoms with E-state index in [1.807, 2.05) is 20.8 Å². The first-order valence-electron chi connectivity index (χ1n) is 6.14. The maximum Gasteiger partial charge on any atom is 0.329 e. The predicted octanol–water partition coefficient (Wildman–Crippen LogP) is 2.13. The van der Waals surface area contributed by atoms with E-state index < -0.39 is 11.5 Å². The van der Waals surface area contributed by atoms with Crippen LogP contribution in [-0.2, 0) is 9.59 Å². The number of rotatable bonds is 4. The van der Waals surface area contributed by atoms with Gasteiger partial charge in [0, 0.05) is 6.04 Å². The summed E-state index contributed by atoms with van der Waals surface area (Å²) >= 11 is 0. The van der Waals surface area contributed by atoms with E-state index in [0.29, 0.717) is 12.8 Å². The molecule has 0 aliphatic heterocycles. The van der Waals surface area contributed by atoms with Crippen molar-refractivity contribution >= 4 is 12.4 Å². The second-order valence-corrected chi connectivity index (χ2v) is 6.28. The van der Waals surface area contributed by atoms with Crippen molar-refractivity contribution in [2.75, 3.05) is 0 Å². The molecule has 0 spiro atoms. The molecule has 2 unspecified atom stereocenters. The number of hydrogen-bond donors (Lipinski definition) is 1. The molecular formula is C13H23NO3. The first kappa shape index (κ1) is 14.0. The molecule has 0 aromatic rings. The van der Waals surface area contributed by atoms with E-state index >= 15 is 0 Å². The summed E-state index contributed by atoms with van der Waals surface area (Å²) in [6.07, 6.45) is 2.04. The van der Waals surface area contributed by atoms with Gasteiger partial charge in [-0.3, -0.25) is 4.79 Å². The number of carboxylic acids is 1. The van der Waals surface area contributed by atoms with Crippen molar-refractivity contribution in [2.45, 2.75) is 59.0 Å². The average molecular weight is 241 g/mol. The van der Waals surface area contributed by atoms with Gasteiger partial charge in [-0.2, -0.15) is 0 Å². The minimum atomic E-state index is -1.04. The van der Waals surface area contributed by atoms with Crippen molar-refractivity contribution in [3.63, 3.8) is 0 Å². The van der Waals surface area contributed by atoms with Gasteiger partial charge in [-0.05, 0) is 38.0 Å². The fourth-order valence-electron chi connectivity index (χ4n) is 3.39. The highest BCUT2D eigenvalue weighted by Crippen LogP contribution is 2.50. The van der Waals surface area contributed by atoms with Gasteiger partial charge in [-0.25, -0.2) is 4.79 Å². The zero-order valence-corrected chi connectivity index (χ0v) is 11.4. The largest absolute Gasteiger partial charge is 0.479 e. The lowest BCUT2D eigenvalue weighted by atomic mass is 9.84. The van der Waals surface area contributed by atoms with E-state index in [-0.39, 0.29) is 17.4 Å². The molecule has 1 aliphatic carbocycles. The Labute approximate surface area is 103 Å². The van der Waals surface area contributed by atoms with E-state index in [0.717, 1.165) is 6.42 Å². The van der Waals surface area contributed by atoms with Gasteiger partial charge in [-0.15, -0.1) is 0 Å². The Kier molecular flexibility index (Phi) is 3.55. The first-order valence-corrected chi connectivity index (χ1v) is 6.14. The molecule has 0 saturated heterocycles. The van der Waals surface area contributed by atoms with Crippen molar-refractivity contribution in [3.8, 4) is 0 Å². The molecule has 98 valence electrons. The Hall–Kier alpha value is -1.06. The molecule has 0 bridgehead atoms. The monoisotopic (exact) mass is 241 g/mol. The molecule has 1 rings (SSSR count). The third kappa shape index (κ3) is 2.17. The highest BCUT2D eigenvalue weighted by Gasteiger charge is 2.57. The van der Waals surface area contributed by atoms with Gasteiger partial charge in [0.15, 0.2) is 0 Å². The van der Waals surface area contributed by atoms with Gasteiger partial charge in [-0.1, -0.05) is 20.8 Å². The number of carbonyl (C=O) groups is 2. The molecule has 0 heterocycles. The van der Waals surface area contributed by atoms with Crippen LogP contribution >= 0.6 is 0 Å². The molecular weight excluding hydrogens is 218 g/mol. The Morgan fingerprint density at radius 3 is 2.24 bits per heavy atom. The van der Waals surface area contributed by atoms with E-state index in [9.17, 15) is 14.7 Å². The van der Waals surface area contributed by atoms with Crippen LogP contribution in [-0.4, -0.2) is 34.0 Å². The van der Waals surface area contributed by atoms with Crippen molar-refractivity contribution in [3.05, 3.63) is 0 Å². The second-order valence-electron chi connectivity index (χ2n) is 6.28. The van der Waals surface area contributed by atoms with Crippen molar-refractivity contribution < 1.29 is 14.7 Å². The van der Waals surface area contributed by atoms with Crippen molar-refractivity contribution in [2.24, 2.45) is 11.3 Å². The molecule has 0 radical (unpaired) electrons. The van der Waals surface area contributed by atoms with E-state index in [1.54, 1.807) is 0 Å². The summed E-state index contributed by atoms with van der Waals surface area (Å²) in [5, 5.41) is 9.62. The number of amides is 1. The first-order chi connectivity index (χ1) is 7.67. The standard InChI is InChI=1S/C13H23NO3/c1-9(2)14(8-15)13(11(16)17)7-12(4,5)6-10(13)3/h8-10H,6-7H2,1-5H3,(H,16,17). The van der Waals surface area contributed by atoms with Crippen LogP contribution in [0.3, 0.4) is 0 Å². The van der Waals surface area contributed by atoms with Gasteiger partial charge in [0.25, 0.3) is 0 Å². The van der Waals surface area contributed by atoms with E-state index in [4.69, 9.17) is 0 Å². The normalized spacial score (nSPS) is 31.5. The lowest BCUT2D eigenvalue weighted by molar-refractivity contribution is -0.160.